The molecule has 15 heavy (non-hydrogen) atoms. The van der Waals surface area contributed by atoms with E-state index in [1.807, 2.05) is 0 Å². The van der Waals surface area contributed by atoms with Crippen LogP contribution in [0.2, 0.25) is 0 Å². The highest BCUT2D eigenvalue weighted by molar-refractivity contribution is 9.10. The highest BCUT2D eigenvalue weighted by Crippen LogP contribution is 2.19. The molecule has 1 aromatic carbocycles. The van der Waals surface area contributed by atoms with E-state index in [-0.39, 0.29) is 11.7 Å². The van der Waals surface area contributed by atoms with Crippen LogP contribution in [0.1, 0.15) is 5.82 Å². The summed E-state index contributed by atoms with van der Waals surface area (Å²) in [5.41, 5.74) is 0.538. The zero-order valence-electron chi connectivity index (χ0n) is 7.36. The van der Waals surface area contributed by atoms with Gasteiger partial charge in [-0.25, -0.2) is 4.39 Å². The molecule has 0 fully saturated rings. The molecule has 0 spiro atoms. The first-order chi connectivity index (χ1) is 7.22. The number of rotatable bonds is 2. The molecule has 1 aromatic heterocycles. The van der Waals surface area contributed by atoms with E-state index < -0.39 is 0 Å². The first kappa shape index (κ1) is 10.5. The lowest BCUT2D eigenvalue weighted by molar-refractivity contribution is 0.617. The van der Waals surface area contributed by atoms with Gasteiger partial charge in [-0.05, 0) is 38.5 Å². The van der Waals surface area contributed by atoms with Crippen molar-refractivity contribution >= 4 is 27.5 Å². The Labute approximate surface area is 98.2 Å². The van der Waals surface area contributed by atoms with Crippen molar-refractivity contribution in [1.82, 2.24) is 20.2 Å². The zero-order chi connectivity index (χ0) is 10.8. The molecular weight excluding hydrogens is 286 g/mol. The largest absolute Gasteiger partial charge is 0.206 e. The quantitative estimate of drug-likeness (QED) is 0.798. The van der Waals surface area contributed by atoms with Crippen LogP contribution in [0, 0.1) is 5.82 Å². The van der Waals surface area contributed by atoms with Crippen LogP contribution in [0.4, 0.5) is 4.39 Å². The lowest BCUT2D eigenvalue weighted by Gasteiger charge is -2.02. The van der Waals surface area contributed by atoms with Gasteiger partial charge in [0.2, 0.25) is 0 Å². The van der Waals surface area contributed by atoms with Gasteiger partial charge in [0.15, 0.2) is 5.82 Å². The molecule has 2 rings (SSSR count). The van der Waals surface area contributed by atoms with Gasteiger partial charge in [0, 0.05) is 6.07 Å². The molecule has 0 radical (unpaired) electrons. The molecule has 0 saturated carbocycles. The fraction of sp³-hybridized carbons (Fsp3) is 0.125. The van der Waals surface area contributed by atoms with Gasteiger partial charge in [0.25, 0.3) is 0 Å². The zero-order valence-corrected chi connectivity index (χ0v) is 9.70. The number of halogens is 3. The van der Waals surface area contributed by atoms with Crippen molar-refractivity contribution in [3.05, 3.63) is 34.3 Å². The minimum absolute atomic E-state index is 0.171. The van der Waals surface area contributed by atoms with Crippen molar-refractivity contribution in [2.75, 3.05) is 0 Å². The number of nitrogens with zero attached hydrogens (tertiary/aromatic N) is 4. The van der Waals surface area contributed by atoms with E-state index in [2.05, 4.69) is 31.5 Å². The normalized spacial score (nSPS) is 10.6. The van der Waals surface area contributed by atoms with E-state index in [4.69, 9.17) is 11.6 Å². The monoisotopic (exact) mass is 290 g/mol. The second-order valence-electron chi connectivity index (χ2n) is 2.74. The van der Waals surface area contributed by atoms with Crippen LogP contribution in [0.3, 0.4) is 0 Å². The predicted molar refractivity (Wildman–Crippen MR) is 56.4 cm³/mol. The lowest BCUT2D eigenvalue weighted by atomic mass is 10.3. The first-order valence-corrected chi connectivity index (χ1v) is 5.34. The fourth-order valence-corrected chi connectivity index (χ4v) is 1.52. The number of hydrogen-bond acceptors (Lipinski definition) is 3. The molecule has 0 bridgehead atoms. The molecule has 78 valence electrons. The van der Waals surface area contributed by atoms with E-state index >= 15 is 0 Å². The van der Waals surface area contributed by atoms with Gasteiger partial charge < -0.3 is 0 Å². The van der Waals surface area contributed by atoms with E-state index in [9.17, 15) is 4.39 Å². The number of alkyl halides is 1. The molecule has 2 aromatic rings. The molecular formula is C8H5BrClFN4. The SMILES string of the molecule is Fc1cc(-n2nnnc2CCl)ccc1Br. The van der Waals surface area contributed by atoms with Crippen LogP contribution in [0.25, 0.3) is 5.69 Å². The Morgan fingerprint density at radius 2 is 2.27 bits per heavy atom. The number of aromatic nitrogens is 4. The Balaban J connectivity index is 2.50. The Morgan fingerprint density at radius 3 is 2.93 bits per heavy atom. The third-order valence-electron chi connectivity index (χ3n) is 1.80. The van der Waals surface area contributed by atoms with Gasteiger partial charge >= 0.3 is 0 Å². The van der Waals surface area contributed by atoms with Gasteiger partial charge in [0.1, 0.15) is 5.82 Å². The number of benzene rings is 1. The van der Waals surface area contributed by atoms with Crippen molar-refractivity contribution in [3.8, 4) is 5.69 Å². The van der Waals surface area contributed by atoms with Crippen molar-refractivity contribution in [1.29, 1.82) is 0 Å². The summed E-state index contributed by atoms with van der Waals surface area (Å²) in [4.78, 5) is 0. The van der Waals surface area contributed by atoms with Crippen molar-refractivity contribution in [3.63, 3.8) is 0 Å². The number of tetrazole rings is 1. The average Bonchev–Trinajstić information content (AvgIpc) is 2.70. The smallest absolute Gasteiger partial charge is 0.171 e. The maximum atomic E-state index is 13.2. The molecule has 0 saturated heterocycles. The second kappa shape index (κ2) is 4.24. The topological polar surface area (TPSA) is 43.6 Å². The standard InChI is InChI=1S/C8H5BrClFN4/c9-6-2-1-5(3-7(6)11)15-8(4-10)12-13-14-15/h1-3H,4H2. The lowest BCUT2D eigenvalue weighted by Crippen LogP contribution is -2.01. The summed E-state index contributed by atoms with van der Waals surface area (Å²) in [5.74, 6) is 0.270. The molecule has 0 amide bonds. The van der Waals surface area contributed by atoms with Crippen LogP contribution in [-0.2, 0) is 5.88 Å². The second-order valence-corrected chi connectivity index (χ2v) is 3.86. The minimum Gasteiger partial charge on any atom is -0.206 e. The molecule has 0 unspecified atom stereocenters. The Bertz CT molecular complexity index is 487. The molecule has 0 atom stereocenters. The van der Waals surface area contributed by atoms with E-state index in [1.165, 1.54) is 10.7 Å². The Kier molecular flexibility index (Phi) is 2.97. The molecule has 4 nitrogen and oxygen atoms in total. The third-order valence-corrected chi connectivity index (χ3v) is 2.68. The number of hydrogen-bond donors (Lipinski definition) is 0. The Hall–Kier alpha value is -1.01. The van der Waals surface area contributed by atoms with Crippen LogP contribution in [0.15, 0.2) is 22.7 Å². The van der Waals surface area contributed by atoms with Crippen LogP contribution < -0.4 is 0 Å². The van der Waals surface area contributed by atoms with Crippen LogP contribution in [0.5, 0.6) is 0 Å². The summed E-state index contributed by atoms with van der Waals surface area (Å²) in [6.07, 6.45) is 0. The molecule has 0 N–H and O–H groups in total. The molecule has 7 heteroatoms. The summed E-state index contributed by atoms with van der Waals surface area (Å²) in [7, 11) is 0. The highest BCUT2D eigenvalue weighted by Gasteiger charge is 2.08. The predicted octanol–water partition coefficient (Wildman–Crippen LogP) is 2.30. The van der Waals surface area contributed by atoms with Gasteiger partial charge in [0.05, 0.1) is 16.0 Å². The summed E-state index contributed by atoms with van der Waals surface area (Å²) < 4.78 is 15.0. The van der Waals surface area contributed by atoms with Gasteiger partial charge in [-0.15, -0.1) is 16.7 Å². The summed E-state index contributed by atoms with van der Waals surface area (Å²) in [6.45, 7) is 0. The minimum atomic E-state index is -0.372. The van der Waals surface area contributed by atoms with Gasteiger partial charge in [-0.3, -0.25) is 0 Å². The molecule has 0 aliphatic heterocycles. The Morgan fingerprint density at radius 1 is 1.47 bits per heavy atom. The maximum Gasteiger partial charge on any atom is 0.171 e. The first-order valence-electron chi connectivity index (χ1n) is 4.01. The summed E-state index contributed by atoms with van der Waals surface area (Å²) in [5, 5.41) is 10.9. The van der Waals surface area contributed by atoms with E-state index in [0.717, 1.165) is 0 Å². The molecule has 0 aliphatic carbocycles. The van der Waals surface area contributed by atoms with E-state index in [0.29, 0.717) is 16.0 Å². The summed E-state index contributed by atoms with van der Waals surface area (Å²) in [6, 6.07) is 4.61. The van der Waals surface area contributed by atoms with Gasteiger partial charge in [-0.2, -0.15) is 4.68 Å². The van der Waals surface area contributed by atoms with Gasteiger partial charge in [-0.1, -0.05) is 0 Å². The van der Waals surface area contributed by atoms with E-state index in [1.54, 1.807) is 12.1 Å². The fourth-order valence-electron chi connectivity index (χ4n) is 1.11. The van der Waals surface area contributed by atoms with Crippen molar-refractivity contribution < 1.29 is 4.39 Å². The molecule has 0 aliphatic rings. The van der Waals surface area contributed by atoms with Crippen LogP contribution >= 0.6 is 27.5 Å². The highest BCUT2D eigenvalue weighted by atomic mass is 79.9. The third kappa shape index (κ3) is 2.00. The maximum absolute atomic E-state index is 13.2. The average molecular weight is 292 g/mol. The summed E-state index contributed by atoms with van der Waals surface area (Å²) >= 11 is 8.69. The van der Waals surface area contributed by atoms with Crippen molar-refractivity contribution in [2.24, 2.45) is 0 Å². The van der Waals surface area contributed by atoms with Crippen LogP contribution in [-0.4, -0.2) is 20.2 Å². The molecule has 1 heterocycles. The van der Waals surface area contributed by atoms with Crippen molar-refractivity contribution in [2.45, 2.75) is 5.88 Å².